The highest BCUT2D eigenvalue weighted by Gasteiger charge is 2.47. The molecule has 2 aromatic carbocycles. The van der Waals surface area contributed by atoms with Crippen molar-refractivity contribution in [2.75, 3.05) is 20.8 Å². The molecule has 0 spiro atoms. The molecule has 0 radical (unpaired) electrons. The molecule has 0 bridgehead atoms. The monoisotopic (exact) mass is 434 g/mol. The van der Waals surface area contributed by atoms with Crippen LogP contribution in [0.5, 0.6) is 11.5 Å². The predicted octanol–water partition coefficient (Wildman–Crippen LogP) is 3.99. The Labute approximate surface area is 188 Å². The second kappa shape index (κ2) is 8.49. The summed E-state index contributed by atoms with van der Waals surface area (Å²) in [6, 6.07) is 11.6. The third-order valence-corrected chi connectivity index (χ3v) is 7.26. The number of nitrogens with one attached hydrogen (secondary N) is 1. The van der Waals surface area contributed by atoms with Gasteiger partial charge >= 0.3 is 0 Å². The van der Waals surface area contributed by atoms with E-state index in [2.05, 4.69) is 17.4 Å². The van der Waals surface area contributed by atoms with Crippen molar-refractivity contribution in [2.45, 2.75) is 56.5 Å². The van der Waals surface area contributed by atoms with Crippen molar-refractivity contribution in [3.8, 4) is 11.5 Å². The summed E-state index contributed by atoms with van der Waals surface area (Å²) < 4.78 is 11.0. The van der Waals surface area contributed by atoms with Gasteiger partial charge in [0.2, 0.25) is 5.91 Å². The molecular formula is C26H30N2O4. The lowest BCUT2D eigenvalue weighted by atomic mass is 9.75. The molecule has 6 nitrogen and oxygen atoms in total. The van der Waals surface area contributed by atoms with Gasteiger partial charge in [-0.1, -0.05) is 43.5 Å². The molecule has 0 aromatic heterocycles. The molecule has 1 fully saturated rings. The second-order valence-corrected chi connectivity index (χ2v) is 9.01. The number of nitrogens with zero attached hydrogens (tertiary/aromatic N) is 1. The largest absolute Gasteiger partial charge is 0.493 e. The minimum atomic E-state index is -0.495. The number of fused-ring (bicyclic) bond motifs is 4. The summed E-state index contributed by atoms with van der Waals surface area (Å²) in [6.45, 7) is 0.599. The smallest absolute Gasteiger partial charge is 0.254 e. The summed E-state index contributed by atoms with van der Waals surface area (Å²) in [4.78, 5) is 29.3. The lowest BCUT2D eigenvalue weighted by Crippen LogP contribution is -2.51. The summed E-state index contributed by atoms with van der Waals surface area (Å²) in [5.41, 5.74) is 3.53. The number of ether oxygens (including phenoxy) is 2. The van der Waals surface area contributed by atoms with Crippen LogP contribution in [0.15, 0.2) is 36.4 Å². The zero-order chi connectivity index (χ0) is 22.2. The van der Waals surface area contributed by atoms with Gasteiger partial charge in [0.25, 0.3) is 5.91 Å². The fourth-order valence-electron chi connectivity index (χ4n) is 5.67. The average molecular weight is 435 g/mol. The summed E-state index contributed by atoms with van der Waals surface area (Å²) in [5, 5.41) is 3.33. The Bertz CT molecular complexity index is 1040. The summed E-state index contributed by atoms with van der Waals surface area (Å²) >= 11 is 0. The molecule has 1 N–H and O–H groups in total. The molecule has 32 heavy (non-hydrogen) atoms. The summed E-state index contributed by atoms with van der Waals surface area (Å²) in [5.74, 6) is 0.478. The number of rotatable bonds is 4. The van der Waals surface area contributed by atoms with Crippen molar-refractivity contribution in [2.24, 2.45) is 0 Å². The lowest BCUT2D eigenvalue weighted by Gasteiger charge is -2.45. The second-order valence-electron chi connectivity index (χ2n) is 9.01. The number of carbonyl (C=O) groups excluding carboxylic acids is 2. The summed E-state index contributed by atoms with van der Waals surface area (Å²) in [7, 11) is 3.14. The molecule has 1 saturated carbocycles. The first kappa shape index (κ1) is 20.9. The van der Waals surface area contributed by atoms with Crippen LogP contribution in [0.25, 0.3) is 0 Å². The first-order chi connectivity index (χ1) is 15.6. The lowest BCUT2D eigenvalue weighted by molar-refractivity contribution is -0.125. The molecule has 1 aliphatic carbocycles. The van der Waals surface area contributed by atoms with Gasteiger partial charge in [0.05, 0.1) is 26.2 Å². The van der Waals surface area contributed by atoms with E-state index >= 15 is 0 Å². The maximum absolute atomic E-state index is 13.8. The van der Waals surface area contributed by atoms with Crippen LogP contribution in [-0.4, -0.2) is 43.5 Å². The van der Waals surface area contributed by atoms with Gasteiger partial charge in [-0.3, -0.25) is 9.59 Å². The van der Waals surface area contributed by atoms with Crippen molar-refractivity contribution in [1.29, 1.82) is 0 Å². The normalized spacial score (nSPS) is 22.4. The molecule has 0 saturated heterocycles. The van der Waals surface area contributed by atoms with Gasteiger partial charge in [0.1, 0.15) is 0 Å². The standard InChI is InChI=1S/C26H30N2O4/c1-31-21-14-19-20(15-22(21)32-2)26(30)28-13-12-16-8-6-7-11-18(16)24(28)23(19)25(29)27-17-9-4-3-5-10-17/h6-8,11,14-15,17,23-24H,3-5,9-10,12-13H2,1-2H3,(H,27,29)/t23-,24-/m1/s1. The molecule has 2 aliphatic heterocycles. The Hall–Kier alpha value is -3.02. The van der Waals surface area contributed by atoms with Crippen LogP contribution in [0.4, 0.5) is 0 Å². The predicted molar refractivity (Wildman–Crippen MR) is 121 cm³/mol. The van der Waals surface area contributed by atoms with Gasteiger partial charge in [-0.25, -0.2) is 0 Å². The quantitative estimate of drug-likeness (QED) is 0.790. The van der Waals surface area contributed by atoms with E-state index in [1.165, 1.54) is 12.0 Å². The Kier molecular flexibility index (Phi) is 5.53. The third kappa shape index (κ3) is 3.42. The van der Waals surface area contributed by atoms with Crippen LogP contribution >= 0.6 is 0 Å². The molecule has 3 aliphatic rings. The highest BCUT2D eigenvalue weighted by molar-refractivity contribution is 6.02. The van der Waals surface area contributed by atoms with E-state index in [9.17, 15) is 9.59 Å². The number of hydrogen-bond donors (Lipinski definition) is 1. The van der Waals surface area contributed by atoms with E-state index in [-0.39, 0.29) is 23.9 Å². The van der Waals surface area contributed by atoms with Crippen molar-refractivity contribution in [3.05, 3.63) is 58.7 Å². The van der Waals surface area contributed by atoms with E-state index in [0.29, 0.717) is 23.6 Å². The maximum atomic E-state index is 13.8. The topological polar surface area (TPSA) is 67.9 Å². The van der Waals surface area contributed by atoms with Crippen molar-refractivity contribution in [1.82, 2.24) is 10.2 Å². The van der Waals surface area contributed by atoms with Crippen LogP contribution in [0.1, 0.15) is 71.1 Å². The summed E-state index contributed by atoms with van der Waals surface area (Å²) in [6.07, 6.45) is 6.34. The van der Waals surface area contributed by atoms with Crippen LogP contribution in [0.3, 0.4) is 0 Å². The number of carbonyl (C=O) groups is 2. The minimum Gasteiger partial charge on any atom is -0.493 e. The maximum Gasteiger partial charge on any atom is 0.254 e. The molecule has 168 valence electrons. The molecule has 0 unspecified atom stereocenters. The number of benzene rings is 2. The highest BCUT2D eigenvalue weighted by Crippen LogP contribution is 2.48. The van der Waals surface area contributed by atoms with Crippen molar-refractivity contribution >= 4 is 11.8 Å². The molecule has 5 rings (SSSR count). The first-order valence-corrected chi connectivity index (χ1v) is 11.6. The fourth-order valence-corrected chi connectivity index (χ4v) is 5.67. The molecule has 2 heterocycles. The Morgan fingerprint density at radius 3 is 2.47 bits per heavy atom. The highest BCUT2D eigenvalue weighted by atomic mass is 16.5. The SMILES string of the molecule is COc1cc2c(cc1OC)[C@@H](C(=O)NC1CCCCC1)[C@H]1c3ccccc3CCN1C2=O. The minimum absolute atomic E-state index is 0.00965. The van der Waals surface area contributed by atoms with Gasteiger partial charge in [-0.15, -0.1) is 0 Å². The van der Waals surface area contributed by atoms with Crippen molar-refractivity contribution in [3.63, 3.8) is 0 Å². The molecule has 2 atom stereocenters. The van der Waals surface area contributed by atoms with E-state index in [1.54, 1.807) is 20.3 Å². The molecule has 2 aromatic rings. The van der Waals surface area contributed by atoms with Crippen LogP contribution in [0.2, 0.25) is 0 Å². The zero-order valence-corrected chi connectivity index (χ0v) is 18.7. The zero-order valence-electron chi connectivity index (χ0n) is 18.7. The Balaban J connectivity index is 1.64. The van der Waals surface area contributed by atoms with Gasteiger partial charge in [0.15, 0.2) is 11.5 Å². The van der Waals surface area contributed by atoms with Gasteiger partial charge in [0, 0.05) is 18.2 Å². The van der Waals surface area contributed by atoms with E-state index in [0.717, 1.165) is 43.2 Å². The number of methoxy groups -OCH3 is 2. The number of hydrogen-bond acceptors (Lipinski definition) is 4. The Morgan fingerprint density at radius 1 is 1.00 bits per heavy atom. The molecular weight excluding hydrogens is 404 g/mol. The average Bonchev–Trinajstić information content (AvgIpc) is 2.84. The van der Waals surface area contributed by atoms with Crippen molar-refractivity contribution < 1.29 is 19.1 Å². The van der Waals surface area contributed by atoms with Gasteiger partial charge in [-0.05, 0) is 48.1 Å². The first-order valence-electron chi connectivity index (χ1n) is 11.6. The van der Waals surface area contributed by atoms with Gasteiger partial charge in [-0.2, -0.15) is 0 Å². The fraction of sp³-hybridized carbons (Fsp3) is 0.462. The van der Waals surface area contributed by atoms with Crippen LogP contribution in [-0.2, 0) is 11.2 Å². The van der Waals surface area contributed by atoms with E-state index in [1.807, 2.05) is 23.1 Å². The Morgan fingerprint density at radius 2 is 1.72 bits per heavy atom. The van der Waals surface area contributed by atoms with E-state index < -0.39 is 5.92 Å². The third-order valence-electron chi connectivity index (χ3n) is 7.26. The van der Waals surface area contributed by atoms with Crippen LogP contribution in [0, 0.1) is 0 Å². The molecule has 6 heteroatoms. The molecule has 2 amide bonds. The number of amides is 2. The van der Waals surface area contributed by atoms with E-state index in [4.69, 9.17) is 9.47 Å². The van der Waals surface area contributed by atoms with Gasteiger partial charge < -0.3 is 19.7 Å². The van der Waals surface area contributed by atoms with Crippen LogP contribution < -0.4 is 14.8 Å².